The van der Waals surface area contributed by atoms with Gasteiger partial charge in [-0.05, 0) is 56.3 Å². The molecular weight excluding hydrogens is 268 g/mol. The molecule has 0 aliphatic carbocycles. The zero-order valence-corrected chi connectivity index (χ0v) is 13.2. The van der Waals surface area contributed by atoms with Crippen LogP contribution in [0.1, 0.15) is 36.5 Å². The molecule has 1 saturated heterocycles. The van der Waals surface area contributed by atoms with Crippen LogP contribution < -0.4 is 5.32 Å². The van der Waals surface area contributed by atoms with Crippen LogP contribution in [0.25, 0.3) is 0 Å². The van der Waals surface area contributed by atoms with Gasteiger partial charge in [0.05, 0.1) is 0 Å². The Bertz CT molecular complexity index is 425. The van der Waals surface area contributed by atoms with E-state index >= 15 is 0 Å². The topological polar surface area (TPSA) is 32.3 Å². The number of benzene rings is 1. The number of rotatable bonds is 5. The van der Waals surface area contributed by atoms with Crippen molar-refractivity contribution in [2.45, 2.75) is 37.1 Å². The molecule has 1 amide bonds. The lowest BCUT2D eigenvalue weighted by Gasteiger charge is -2.32. The van der Waals surface area contributed by atoms with Gasteiger partial charge in [0.15, 0.2) is 0 Å². The molecule has 0 aromatic heterocycles. The van der Waals surface area contributed by atoms with Crippen LogP contribution >= 0.6 is 11.8 Å². The first-order chi connectivity index (χ1) is 9.72. The number of thioether (sulfide) groups is 1. The molecule has 0 atom stereocenters. The van der Waals surface area contributed by atoms with Gasteiger partial charge >= 0.3 is 0 Å². The SMILES string of the molecule is CCCN1CCC(NC(=O)c2ccc(SC)cc2)CC1. The number of nitrogens with one attached hydrogen (secondary N) is 1. The van der Waals surface area contributed by atoms with Gasteiger partial charge in [0, 0.05) is 29.6 Å². The number of carbonyl (C=O) groups excluding carboxylic acids is 1. The predicted molar refractivity (Wildman–Crippen MR) is 85.4 cm³/mol. The lowest BCUT2D eigenvalue weighted by Crippen LogP contribution is -2.44. The zero-order valence-electron chi connectivity index (χ0n) is 12.4. The Morgan fingerprint density at radius 1 is 1.30 bits per heavy atom. The van der Waals surface area contributed by atoms with Gasteiger partial charge in [-0.2, -0.15) is 0 Å². The van der Waals surface area contributed by atoms with Gasteiger partial charge in [-0.1, -0.05) is 6.92 Å². The molecular formula is C16H24N2OS. The maximum Gasteiger partial charge on any atom is 0.251 e. The van der Waals surface area contributed by atoms with E-state index in [1.807, 2.05) is 30.5 Å². The quantitative estimate of drug-likeness (QED) is 0.847. The second kappa shape index (κ2) is 7.70. The minimum absolute atomic E-state index is 0.0617. The largest absolute Gasteiger partial charge is 0.349 e. The monoisotopic (exact) mass is 292 g/mol. The molecule has 20 heavy (non-hydrogen) atoms. The van der Waals surface area contributed by atoms with Crippen LogP contribution in [0.4, 0.5) is 0 Å². The summed E-state index contributed by atoms with van der Waals surface area (Å²) in [4.78, 5) is 15.9. The van der Waals surface area contributed by atoms with E-state index in [0.717, 1.165) is 31.5 Å². The average Bonchev–Trinajstić information content (AvgIpc) is 2.49. The number of amides is 1. The van der Waals surface area contributed by atoms with Gasteiger partial charge in [-0.3, -0.25) is 4.79 Å². The average molecular weight is 292 g/mol. The first-order valence-electron chi connectivity index (χ1n) is 7.40. The van der Waals surface area contributed by atoms with E-state index in [1.54, 1.807) is 11.8 Å². The highest BCUT2D eigenvalue weighted by Gasteiger charge is 2.20. The van der Waals surface area contributed by atoms with Gasteiger partial charge < -0.3 is 10.2 Å². The van der Waals surface area contributed by atoms with Gasteiger partial charge in [-0.25, -0.2) is 0 Å². The van der Waals surface area contributed by atoms with E-state index in [1.165, 1.54) is 17.9 Å². The van der Waals surface area contributed by atoms with Gasteiger partial charge in [0.25, 0.3) is 5.91 Å². The molecule has 0 unspecified atom stereocenters. The fraction of sp³-hybridized carbons (Fsp3) is 0.562. The van der Waals surface area contributed by atoms with Crippen molar-refractivity contribution in [2.75, 3.05) is 25.9 Å². The molecule has 1 fully saturated rings. The third-order valence-electron chi connectivity index (χ3n) is 3.81. The second-order valence-electron chi connectivity index (χ2n) is 5.32. The van der Waals surface area contributed by atoms with Crippen LogP contribution in [-0.2, 0) is 0 Å². The summed E-state index contributed by atoms with van der Waals surface area (Å²) in [7, 11) is 0. The summed E-state index contributed by atoms with van der Waals surface area (Å²) in [5.41, 5.74) is 0.763. The summed E-state index contributed by atoms with van der Waals surface area (Å²) >= 11 is 1.69. The van der Waals surface area contributed by atoms with Crippen molar-refractivity contribution >= 4 is 17.7 Å². The molecule has 1 aromatic rings. The molecule has 110 valence electrons. The normalized spacial score (nSPS) is 17.1. The number of nitrogens with zero attached hydrogens (tertiary/aromatic N) is 1. The van der Waals surface area contributed by atoms with E-state index in [2.05, 4.69) is 17.1 Å². The van der Waals surface area contributed by atoms with Crippen LogP contribution in [-0.4, -0.2) is 42.7 Å². The molecule has 1 aliphatic rings. The molecule has 1 aliphatic heterocycles. The Morgan fingerprint density at radius 3 is 2.50 bits per heavy atom. The van der Waals surface area contributed by atoms with Crippen LogP contribution in [0, 0.1) is 0 Å². The van der Waals surface area contributed by atoms with Crippen LogP contribution in [0.15, 0.2) is 29.2 Å². The van der Waals surface area contributed by atoms with E-state index in [9.17, 15) is 4.79 Å². The highest BCUT2D eigenvalue weighted by Crippen LogP contribution is 2.16. The van der Waals surface area contributed by atoms with Crippen molar-refractivity contribution in [1.82, 2.24) is 10.2 Å². The lowest BCUT2D eigenvalue weighted by atomic mass is 10.0. The smallest absolute Gasteiger partial charge is 0.251 e. The second-order valence-corrected chi connectivity index (χ2v) is 6.20. The summed E-state index contributed by atoms with van der Waals surface area (Å²) in [5.74, 6) is 0.0617. The highest BCUT2D eigenvalue weighted by atomic mass is 32.2. The zero-order chi connectivity index (χ0) is 14.4. The number of carbonyl (C=O) groups is 1. The number of hydrogen-bond acceptors (Lipinski definition) is 3. The molecule has 4 heteroatoms. The Hall–Kier alpha value is -1.00. The molecule has 3 nitrogen and oxygen atoms in total. The standard InChI is InChI=1S/C16H24N2OS/c1-3-10-18-11-8-14(9-12-18)17-16(19)13-4-6-15(20-2)7-5-13/h4-7,14H,3,8-12H2,1-2H3,(H,17,19). The highest BCUT2D eigenvalue weighted by molar-refractivity contribution is 7.98. The van der Waals surface area contributed by atoms with Gasteiger partial charge in [-0.15, -0.1) is 11.8 Å². The summed E-state index contributed by atoms with van der Waals surface area (Å²) in [6.45, 7) is 5.59. The molecule has 1 heterocycles. The molecule has 0 radical (unpaired) electrons. The Kier molecular flexibility index (Phi) is 5.92. The maximum absolute atomic E-state index is 12.2. The van der Waals surface area contributed by atoms with E-state index in [4.69, 9.17) is 0 Å². The molecule has 1 N–H and O–H groups in total. The maximum atomic E-state index is 12.2. The van der Waals surface area contributed by atoms with Crippen molar-refractivity contribution in [2.24, 2.45) is 0 Å². The van der Waals surface area contributed by atoms with Crippen molar-refractivity contribution in [3.63, 3.8) is 0 Å². The molecule has 0 saturated carbocycles. The molecule has 0 spiro atoms. The van der Waals surface area contributed by atoms with Gasteiger partial charge in [0.2, 0.25) is 0 Å². The third kappa shape index (κ3) is 4.25. The Morgan fingerprint density at radius 2 is 1.95 bits per heavy atom. The van der Waals surface area contributed by atoms with E-state index in [-0.39, 0.29) is 5.91 Å². The Balaban J connectivity index is 1.82. The number of likely N-dealkylation sites (tertiary alicyclic amines) is 1. The van der Waals surface area contributed by atoms with Crippen molar-refractivity contribution in [3.8, 4) is 0 Å². The number of piperidine rings is 1. The molecule has 2 rings (SSSR count). The Labute approximate surface area is 126 Å². The van der Waals surface area contributed by atoms with Crippen molar-refractivity contribution in [1.29, 1.82) is 0 Å². The lowest BCUT2D eigenvalue weighted by molar-refractivity contribution is 0.0911. The minimum Gasteiger partial charge on any atom is -0.349 e. The van der Waals surface area contributed by atoms with Gasteiger partial charge in [0.1, 0.15) is 0 Å². The fourth-order valence-electron chi connectivity index (χ4n) is 2.63. The third-order valence-corrected chi connectivity index (χ3v) is 4.56. The van der Waals surface area contributed by atoms with Crippen LogP contribution in [0.5, 0.6) is 0 Å². The molecule has 1 aromatic carbocycles. The van der Waals surface area contributed by atoms with E-state index < -0.39 is 0 Å². The predicted octanol–water partition coefficient (Wildman–Crippen LogP) is 3.01. The molecule has 0 bridgehead atoms. The van der Waals surface area contributed by atoms with Crippen LogP contribution in [0.2, 0.25) is 0 Å². The first kappa shape index (κ1) is 15.4. The number of hydrogen-bond donors (Lipinski definition) is 1. The van der Waals surface area contributed by atoms with E-state index in [0.29, 0.717) is 6.04 Å². The van der Waals surface area contributed by atoms with Crippen molar-refractivity contribution in [3.05, 3.63) is 29.8 Å². The minimum atomic E-state index is 0.0617. The van der Waals surface area contributed by atoms with Crippen LogP contribution in [0.3, 0.4) is 0 Å². The summed E-state index contributed by atoms with van der Waals surface area (Å²) in [6.07, 6.45) is 5.38. The summed E-state index contributed by atoms with van der Waals surface area (Å²) < 4.78 is 0. The van der Waals surface area contributed by atoms with Crippen molar-refractivity contribution < 1.29 is 4.79 Å². The summed E-state index contributed by atoms with van der Waals surface area (Å²) in [6, 6.07) is 8.16. The summed E-state index contributed by atoms with van der Waals surface area (Å²) in [5, 5.41) is 3.16. The fourth-order valence-corrected chi connectivity index (χ4v) is 3.04. The first-order valence-corrected chi connectivity index (χ1v) is 8.62.